The van der Waals surface area contributed by atoms with E-state index in [2.05, 4.69) is 15.2 Å². The molecule has 0 unspecified atom stereocenters. The third kappa shape index (κ3) is 3.45. The molecule has 8 nitrogen and oxygen atoms in total. The molecule has 0 bridgehead atoms. The highest BCUT2D eigenvalue weighted by Gasteiger charge is 2.28. The molecule has 130 valence electrons. The Balaban J connectivity index is 1.89. The van der Waals surface area contributed by atoms with E-state index in [4.69, 9.17) is 26.0 Å². The molecule has 0 saturated carbocycles. The number of hydrogen-bond acceptors (Lipinski definition) is 6. The summed E-state index contributed by atoms with van der Waals surface area (Å²) in [5.41, 5.74) is 2.08. The highest BCUT2D eigenvalue weighted by molar-refractivity contribution is 6.30. The molecule has 1 aliphatic heterocycles. The van der Waals surface area contributed by atoms with Crippen LogP contribution in [0.4, 0.5) is 0 Å². The van der Waals surface area contributed by atoms with Gasteiger partial charge in [0.1, 0.15) is 22.3 Å². The highest BCUT2D eigenvalue weighted by Crippen LogP contribution is 2.30. The minimum Gasteiger partial charge on any atom is -0.481 e. The number of carboxylic acids is 1. The summed E-state index contributed by atoms with van der Waals surface area (Å²) in [6.07, 6.45) is 0.0241. The number of aliphatic carboxylic acids is 1. The molecule has 24 heavy (non-hydrogen) atoms. The number of aryl methyl sites for hydroxylation is 2. The minimum absolute atomic E-state index is 0.0241. The number of carbonyl (C=O) groups is 1. The molecule has 1 atom stereocenters. The van der Waals surface area contributed by atoms with Crippen LogP contribution in [0.3, 0.4) is 0 Å². The zero-order valence-electron chi connectivity index (χ0n) is 13.5. The molecule has 0 aliphatic carbocycles. The van der Waals surface area contributed by atoms with Crippen molar-refractivity contribution in [2.45, 2.75) is 25.9 Å². The van der Waals surface area contributed by atoms with E-state index in [1.165, 1.54) is 0 Å². The second kappa shape index (κ2) is 6.92. The quantitative estimate of drug-likeness (QED) is 0.873. The van der Waals surface area contributed by atoms with Crippen LogP contribution in [0.25, 0.3) is 11.4 Å². The molecule has 1 fully saturated rings. The number of ether oxygens (including phenoxy) is 1. The predicted molar refractivity (Wildman–Crippen MR) is 85.7 cm³/mol. The molecular formula is C15H19ClN4O4. The van der Waals surface area contributed by atoms with Crippen LogP contribution in [0.15, 0.2) is 10.6 Å². The minimum atomic E-state index is -0.847. The highest BCUT2D eigenvalue weighted by atomic mass is 35.5. The van der Waals surface area contributed by atoms with E-state index in [-0.39, 0.29) is 12.5 Å². The smallest absolute Gasteiger partial charge is 0.305 e. The molecule has 1 N–H and O–H groups in total. The maximum atomic E-state index is 11.1. The van der Waals surface area contributed by atoms with Crippen molar-refractivity contribution in [1.29, 1.82) is 0 Å². The lowest BCUT2D eigenvalue weighted by Crippen LogP contribution is -2.45. The zero-order valence-corrected chi connectivity index (χ0v) is 14.3. The zero-order chi connectivity index (χ0) is 17.3. The first-order valence-electron chi connectivity index (χ1n) is 7.64. The van der Waals surface area contributed by atoms with Crippen molar-refractivity contribution in [3.05, 3.63) is 22.5 Å². The number of rotatable bonds is 5. The lowest BCUT2D eigenvalue weighted by molar-refractivity contribution is -0.140. The SMILES string of the molecule is Cc1cc(-c2nn(C)c(Cl)c2CN2CCOC[C@H]2CC(=O)O)no1. The molecule has 1 saturated heterocycles. The van der Waals surface area contributed by atoms with E-state index >= 15 is 0 Å². The van der Waals surface area contributed by atoms with Crippen molar-refractivity contribution in [1.82, 2.24) is 19.8 Å². The fraction of sp³-hybridized carbons (Fsp3) is 0.533. The summed E-state index contributed by atoms with van der Waals surface area (Å²) in [5, 5.41) is 18.1. The standard InChI is InChI=1S/C15H19ClN4O4/c1-9-5-12(18-24-9)14-11(15(16)19(2)17-14)7-20-3-4-23-8-10(20)6-13(21)22/h5,10H,3-4,6-8H2,1-2H3,(H,21,22)/t10-/m1/s1. The fourth-order valence-corrected chi connectivity index (χ4v) is 3.05. The van der Waals surface area contributed by atoms with Gasteiger partial charge in [-0.15, -0.1) is 0 Å². The van der Waals surface area contributed by atoms with Crippen LogP contribution < -0.4 is 0 Å². The summed E-state index contributed by atoms with van der Waals surface area (Å²) in [5.74, 6) is -0.159. The number of aromatic nitrogens is 3. The van der Waals surface area contributed by atoms with E-state index in [1.807, 2.05) is 6.92 Å². The van der Waals surface area contributed by atoms with Gasteiger partial charge in [-0.05, 0) is 6.92 Å². The molecule has 3 rings (SSSR count). The summed E-state index contributed by atoms with van der Waals surface area (Å²) >= 11 is 6.41. The van der Waals surface area contributed by atoms with Crippen molar-refractivity contribution >= 4 is 17.6 Å². The van der Waals surface area contributed by atoms with Gasteiger partial charge >= 0.3 is 5.97 Å². The van der Waals surface area contributed by atoms with Gasteiger partial charge in [0.15, 0.2) is 0 Å². The summed E-state index contributed by atoms with van der Waals surface area (Å²) < 4.78 is 12.1. The first kappa shape index (κ1) is 16.9. The van der Waals surface area contributed by atoms with E-state index < -0.39 is 5.97 Å². The largest absolute Gasteiger partial charge is 0.481 e. The lowest BCUT2D eigenvalue weighted by Gasteiger charge is -2.34. The Morgan fingerprint density at radius 3 is 3.00 bits per heavy atom. The van der Waals surface area contributed by atoms with Crippen molar-refractivity contribution in [2.24, 2.45) is 7.05 Å². The Morgan fingerprint density at radius 1 is 1.54 bits per heavy atom. The topological polar surface area (TPSA) is 93.6 Å². The Morgan fingerprint density at radius 2 is 2.33 bits per heavy atom. The molecule has 2 aromatic heterocycles. The Hall–Kier alpha value is -1.90. The first-order chi connectivity index (χ1) is 11.5. The van der Waals surface area contributed by atoms with Gasteiger partial charge in [-0.2, -0.15) is 5.10 Å². The molecule has 1 aliphatic rings. The van der Waals surface area contributed by atoms with Crippen LogP contribution >= 0.6 is 11.6 Å². The van der Waals surface area contributed by atoms with Gasteiger partial charge in [0.2, 0.25) is 0 Å². The summed E-state index contributed by atoms with van der Waals surface area (Å²) in [6, 6.07) is 1.61. The maximum absolute atomic E-state index is 11.1. The molecule has 0 aromatic carbocycles. The maximum Gasteiger partial charge on any atom is 0.305 e. The average Bonchev–Trinajstić information content (AvgIpc) is 3.07. The van der Waals surface area contributed by atoms with Crippen LogP contribution in [0.2, 0.25) is 5.15 Å². The number of nitrogens with zero attached hydrogens (tertiary/aromatic N) is 4. The van der Waals surface area contributed by atoms with E-state index in [0.29, 0.717) is 48.6 Å². The van der Waals surface area contributed by atoms with Crippen molar-refractivity contribution in [2.75, 3.05) is 19.8 Å². The van der Waals surface area contributed by atoms with E-state index in [9.17, 15) is 4.79 Å². The second-order valence-corrected chi connectivity index (χ2v) is 6.22. The van der Waals surface area contributed by atoms with Crippen LogP contribution in [0, 0.1) is 6.92 Å². The van der Waals surface area contributed by atoms with E-state index in [1.54, 1.807) is 17.8 Å². The molecular weight excluding hydrogens is 336 g/mol. The van der Waals surface area contributed by atoms with Gasteiger partial charge in [-0.25, -0.2) is 0 Å². The van der Waals surface area contributed by atoms with Crippen LogP contribution in [-0.4, -0.2) is 56.7 Å². The van der Waals surface area contributed by atoms with Gasteiger partial charge in [-0.1, -0.05) is 16.8 Å². The molecule has 3 heterocycles. The van der Waals surface area contributed by atoms with Crippen molar-refractivity contribution in [3.63, 3.8) is 0 Å². The van der Waals surface area contributed by atoms with E-state index in [0.717, 1.165) is 5.56 Å². The summed E-state index contributed by atoms with van der Waals surface area (Å²) in [4.78, 5) is 13.1. The van der Waals surface area contributed by atoms with Gasteiger partial charge < -0.3 is 14.4 Å². The lowest BCUT2D eigenvalue weighted by atomic mass is 10.1. The number of morpholine rings is 1. The van der Waals surface area contributed by atoms with Crippen molar-refractivity contribution < 1.29 is 19.2 Å². The summed E-state index contributed by atoms with van der Waals surface area (Å²) in [7, 11) is 1.76. The number of halogens is 1. The molecule has 0 spiro atoms. The van der Waals surface area contributed by atoms with Gasteiger partial charge in [-0.3, -0.25) is 14.4 Å². The van der Waals surface area contributed by atoms with Crippen LogP contribution in [0.1, 0.15) is 17.7 Å². The molecule has 0 radical (unpaired) electrons. The molecule has 0 amide bonds. The number of hydrogen-bond donors (Lipinski definition) is 1. The van der Waals surface area contributed by atoms with Gasteiger partial charge in [0.05, 0.1) is 19.6 Å². The fourth-order valence-electron chi connectivity index (χ4n) is 2.86. The van der Waals surface area contributed by atoms with Gasteiger partial charge in [0.25, 0.3) is 0 Å². The average molecular weight is 355 g/mol. The van der Waals surface area contributed by atoms with Gasteiger partial charge in [0, 0.05) is 37.8 Å². The Bertz CT molecular complexity index is 742. The van der Waals surface area contributed by atoms with Crippen LogP contribution in [-0.2, 0) is 23.1 Å². The molecule has 2 aromatic rings. The number of carboxylic acid groups (broad SMARTS) is 1. The summed E-state index contributed by atoms with van der Waals surface area (Å²) in [6.45, 7) is 3.89. The second-order valence-electron chi connectivity index (χ2n) is 5.86. The third-order valence-electron chi connectivity index (χ3n) is 4.06. The normalized spacial score (nSPS) is 18.9. The monoisotopic (exact) mass is 354 g/mol. The molecule has 9 heteroatoms. The Labute approximate surface area is 143 Å². The Kier molecular flexibility index (Phi) is 4.88. The predicted octanol–water partition coefficient (Wildman–Crippen LogP) is 1.71. The van der Waals surface area contributed by atoms with Crippen molar-refractivity contribution in [3.8, 4) is 11.4 Å². The third-order valence-corrected chi connectivity index (χ3v) is 4.53. The van der Waals surface area contributed by atoms with Crippen LogP contribution in [0.5, 0.6) is 0 Å². The first-order valence-corrected chi connectivity index (χ1v) is 8.02.